The summed E-state index contributed by atoms with van der Waals surface area (Å²) in [6, 6.07) is 6.69. The van der Waals surface area contributed by atoms with Gasteiger partial charge in [-0.3, -0.25) is 9.48 Å². The summed E-state index contributed by atoms with van der Waals surface area (Å²) in [6.07, 6.45) is 7.46. The largest absolute Gasteiger partial charge is 0.464 e. The van der Waals surface area contributed by atoms with E-state index < -0.39 is 17.5 Å². The molecular formula is C18H15F2N3O2. The first kappa shape index (κ1) is 16.6. The van der Waals surface area contributed by atoms with Crippen molar-refractivity contribution < 1.29 is 18.0 Å². The number of halogens is 2. The van der Waals surface area contributed by atoms with Crippen LogP contribution in [0.4, 0.5) is 8.78 Å². The van der Waals surface area contributed by atoms with E-state index in [2.05, 4.69) is 10.4 Å². The number of carbonyl (C=O) groups is 1. The Kier molecular flexibility index (Phi) is 5.03. The first-order chi connectivity index (χ1) is 12.1. The van der Waals surface area contributed by atoms with Gasteiger partial charge < -0.3 is 9.73 Å². The van der Waals surface area contributed by atoms with E-state index in [0.29, 0.717) is 13.1 Å². The second kappa shape index (κ2) is 7.57. The molecule has 0 saturated carbocycles. The molecule has 128 valence electrons. The third kappa shape index (κ3) is 4.41. The van der Waals surface area contributed by atoms with Crippen LogP contribution in [0.25, 0.3) is 17.4 Å². The number of nitrogens with zero attached hydrogens (tertiary/aromatic N) is 2. The van der Waals surface area contributed by atoms with E-state index in [4.69, 9.17) is 4.42 Å². The Morgan fingerprint density at radius 3 is 3.00 bits per heavy atom. The van der Waals surface area contributed by atoms with Crippen LogP contribution < -0.4 is 5.32 Å². The summed E-state index contributed by atoms with van der Waals surface area (Å²) < 4.78 is 33.4. The van der Waals surface area contributed by atoms with Gasteiger partial charge in [-0.2, -0.15) is 5.10 Å². The van der Waals surface area contributed by atoms with Crippen LogP contribution in [0.5, 0.6) is 0 Å². The molecule has 0 radical (unpaired) electrons. The minimum Gasteiger partial charge on any atom is -0.464 e. The number of carbonyl (C=O) groups excluding carboxylic acids is 1. The molecule has 0 unspecified atom stereocenters. The lowest BCUT2D eigenvalue weighted by Crippen LogP contribution is -2.25. The second-order valence-corrected chi connectivity index (χ2v) is 5.26. The molecule has 0 aliphatic carbocycles. The van der Waals surface area contributed by atoms with Gasteiger partial charge >= 0.3 is 0 Å². The summed E-state index contributed by atoms with van der Waals surface area (Å²) in [5, 5.41) is 6.83. The highest BCUT2D eigenvalue weighted by Crippen LogP contribution is 2.18. The number of amides is 1. The summed E-state index contributed by atoms with van der Waals surface area (Å²) in [5.74, 6) is -0.836. The van der Waals surface area contributed by atoms with Gasteiger partial charge in [-0.1, -0.05) is 0 Å². The molecule has 1 amide bonds. The zero-order chi connectivity index (χ0) is 17.6. The van der Waals surface area contributed by atoms with Gasteiger partial charge in [0.25, 0.3) is 0 Å². The van der Waals surface area contributed by atoms with Gasteiger partial charge in [0, 0.05) is 24.4 Å². The summed E-state index contributed by atoms with van der Waals surface area (Å²) >= 11 is 0. The van der Waals surface area contributed by atoms with Gasteiger partial charge in [0.05, 0.1) is 24.6 Å². The molecule has 2 aromatic heterocycles. The predicted octanol–water partition coefficient (Wildman–Crippen LogP) is 3.25. The van der Waals surface area contributed by atoms with Crippen molar-refractivity contribution >= 4 is 12.0 Å². The first-order valence-corrected chi connectivity index (χ1v) is 7.59. The molecule has 3 rings (SSSR count). The highest BCUT2D eigenvalue weighted by atomic mass is 19.1. The maximum Gasteiger partial charge on any atom is 0.244 e. The highest BCUT2D eigenvalue weighted by Gasteiger charge is 2.05. The molecule has 0 bridgehead atoms. The van der Waals surface area contributed by atoms with Crippen molar-refractivity contribution in [3.05, 3.63) is 72.3 Å². The molecule has 0 saturated heterocycles. The van der Waals surface area contributed by atoms with Gasteiger partial charge in [-0.25, -0.2) is 8.78 Å². The molecule has 0 spiro atoms. The van der Waals surface area contributed by atoms with Crippen LogP contribution >= 0.6 is 0 Å². The molecule has 3 aromatic rings. The van der Waals surface area contributed by atoms with Gasteiger partial charge in [0.2, 0.25) is 5.91 Å². The van der Waals surface area contributed by atoms with Crippen LogP contribution in [0, 0.1) is 11.6 Å². The van der Waals surface area contributed by atoms with Crippen LogP contribution in [-0.2, 0) is 11.3 Å². The third-order valence-corrected chi connectivity index (χ3v) is 3.45. The normalized spacial score (nSPS) is 11.1. The van der Waals surface area contributed by atoms with Gasteiger partial charge in [0.15, 0.2) is 0 Å². The quantitative estimate of drug-likeness (QED) is 0.699. The second-order valence-electron chi connectivity index (χ2n) is 5.26. The lowest BCUT2D eigenvalue weighted by Gasteiger charge is -2.02. The average Bonchev–Trinajstić information content (AvgIpc) is 3.27. The number of benzene rings is 1. The van der Waals surface area contributed by atoms with Gasteiger partial charge in [-0.05, 0) is 36.4 Å². The van der Waals surface area contributed by atoms with Crippen LogP contribution in [0.1, 0.15) is 5.56 Å². The van der Waals surface area contributed by atoms with Crippen molar-refractivity contribution in [2.75, 3.05) is 6.54 Å². The van der Waals surface area contributed by atoms with E-state index in [1.165, 1.54) is 6.08 Å². The van der Waals surface area contributed by atoms with Gasteiger partial charge in [-0.15, -0.1) is 0 Å². The minimum absolute atomic E-state index is 0.0188. The monoisotopic (exact) mass is 343 g/mol. The molecule has 0 aliphatic rings. The maximum absolute atomic E-state index is 13.4. The number of aromatic nitrogens is 2. The zero-order valence-corrected chi connectivity index (χ0v) is 13.2. The fourth-order valence-corrected chi connectivity index (χ4v) is 2.22. The van der Waals surface area contributed by atoms with E-state index in [1.54, 1.807) is 23.2 Å². The molecule has 0 fully saturated rings. The van der Waals surface area contributed by atoms with E-state index in [9.17, 15) is 13.6 Å². The Bertz CT molecular complexity index is 886. The maximum atomic E-state index is 13.4. The van der Waals surface area contributed by atoms with Crippen molar-refractivity contribution in [3.63, 3.8) is 0 Å². The molecule has 0 aliphatic heterocycles. The Balaban J connectivity index is 1.49. The lowest BCUT2D eigenvalue weighted by molar-refractivity contribution is -0.116. The third-order valence-electron chi connectivity index (χ3n) is 3.45. The molecule has 5 nitrogen and oxygen atoms in total. The summed E-state index contributed by atoms with van der Waals surface area (Å²) in [6.45, 7) is 0.808. The number of hydrogen-bond donors (Lipinski definition) is 1. The van der Waals surface area contributed by atoms with Gasteiger partial charge in [0.1, 0.15) is 17.4 Å². The molecule has 1 N–H and O–H groups in total. The molecule has 7 heteroatoms. The van der Waals surface area contributed by atoms with Crippen LogP contribution in [0.2, 0.25) is 0 Å². The molecule has 0 atom stereocenters. The number of furan rings is 1. The zero-order valence-electron chi connectivity index (χ0n) is 13.2. The average molecular weight is 343 g/mol. The summed E-state index contributed by atoms with van der Waals surface area (Å²) in [4.78, 5) is 11.7. The van der Waals surface area contributed by atoms with Crippen LogP contribution in [0.15, 0.2) is 59.5 Å². The summed E-state index contributed by atoms with van der Waals surface area (Å²) in [5.41, 5.74) is 0.864. The number of rotatable bonds is 6. The Morgan fingerprint density at radius 2 is 2.20 bits per heavy atom. The molecule has 25 heavy (non-hydrogen) atoms. The Morgan fingerprint density at radius 1 is 1.32 bits per heavy atom. The molecule has 2 heterocycles. The standard InChI is InChI=1S/C18H15F2N3O2/c19-15-4-5-16(20)13(10-15)3-6-18(24)21-7-8-23-12-14(11-22-23)17-2-1-9-25-17/h1-6,9-12H,7-8H2,(H,21,24)/b6-3+. The van der Waals surface area contributed by atoms with Crippen LogP contribution in [0.3, 0.4) is 0 Å². The van der Waals surface area contributed by atoms with E-state index in [0.717, 1.165) is 35.6 Å². The van der Waals surface area contributed by atoms with Crippen molar-refractivity contribution in [2.24, 2.45) is 0 Å². The van der Waals surface area contributed by atoms with Crippen molar-refractivity contribution in [2.45, 2.75) is 6.54 Å². The first-order valence-electron chi connectivity index (χ1n) is 7.59. The number of nitrogens with one attached hydrogen (secondary N) is 1. The number of hydrogen-bond acceptors (Lipinski definition) is 3. The van der Waals surface area contributed by atoms with E-state index in [1.807, 2.05) is 12.3 Å². The smallest absolute Gasteiger partial charge is 0.244 e. The van der Waals surface area contributed by atoms with E-state index >= 15 is 0 Å². The fourth-order valence-electron chi connectivity index (χ4n) is 2.22. The predicted molar refractivity (Wildman–Crippen MR) is 88.3 cm³/mol. The fraction of sp³-hybridized carbons (Fsp3) is 0.111. The van der Waals surface area contributed by atoms with Crippen molar-refractivity contribution in [1.29, 1.82) is 0 Å². The minimum atomic E-state index is -0.590. The van der Waals surface area contributed by atoms with Crippen molar-refractivity contribution in [1.82, 2.24) is 15.1 Å². The van der Waals surface area contributed by atoms with Crippen molar-refractivity contribution in [3.8, 4) is 11.3 Å². The molecular weight excluding hydrogens is 328 g/mol. The topological polar surface area (TPSA) is 60.1 Å². The Hall–Kier alpha value is -3.22. The highest BCUT2D eigenvalue weighted by molar-refractivity contribution is 5.91. The van der Waals surface area contributed by atoms with E-state index in [-0.39, 0.29) is 5.56 Å². The summed E-state index contributed by atoms with van der Waals surface area (Å²) in [7, 11) is 0. The Labute approximate surface area is 142 Å². The lowest BCUT2D eigenvalue weighted by atomic mass is 10.2. The van der Waals surface area contributed by atoms with Crippen LogP contribution in [-0.4, -0.2) is 22.2 Å². The SMILES string of the molecule is O=C(/C=C/c1cc(F)ccc1F)NCCn1cc(-c2ccco2)cn1. The molecule has 1 aromatic carbocycles.